The fraction of sp³-hybridized carbons (Fsp3) is 0.688. The highest BCUT2D eigenvalue weighted by molar-refractivity contribution is 5.45. The minimum atomic E-state index is 0.324. The van der Waals surface area contributed by atoms with E-state index < -0.39 is 0 Å². The van der Waals surface area contributed by atoms with Crippen molar-refractivity contribution < 1.29 is 0 Å². The molecule has 0 unspecified atom stereocenters. The second kappa shape index (κ2) is 8.03. The van der Waals surface area contributed by atoms with Gasteiger partial charge in [0.15, 0.2) is 0 Å². The molecule has 1 aromatic heterocycles. The Hall–Kier alpha value is -1.25. The van der Waals surface area contributed by atoms with Crippen LogP contribution in [0.1, 0.15) is 53.4 Å². The smallest absolute Gasteiger partial charge is 0.128 e. The lowest BCUT2D eigenvalue weighted by molar-refractivity contribution is 0.342. The minimum Gasteiger partial charge on any atom is -0.370 e. The molecule has 1 rings (SSSR count). The molecule has 0 radical (unpaired) electrons. The third-order valence-electron chi connectivity index (χ3n) is 3.31. The van der Waals surface area contributed by atoms with Gasteiger partial charge in [-0.25, -0.2) is 4.98 Å². The topological polar surface area (TPSA) is 37.0 Å². The van der Waals surface area contributed by atoms with Crippen molar-refractivity contribution in [2.45, 2.75) is 53.4 Å². The maximum absolute atomic E-state index is 4.54. The molecule has 0 aliphatic rings. The summed E-state index contributed by atoms with van der Waals surface area (Å²) in [5.41, 5.74) is 0.324. The summed E-state index contributed by atoms with van der Waals surface area (Å²) in [7, 11) is 0. The molecule has 1 heterocycles. The number of hydrogen-bond donors (Lipinski definition) is 2. The van der Waals surface area contributed by atoms with Gasteiger partial charge in [0.2, 0.25) is 0 Å². The zero-order valence-corrected chi connectivity index (χ0v) is 12.9. The van der Waals surface area contributed by atoms with Crippen LogP contribution in [0, 0.1) is 5.41 Å². The van der Waals surface area contributed by atoms with Crippen molar-refractivity contribution in [2.24, 2.45) is 5.41 Å². The largest absolute Gasteiger partial charge is 0.370 e. The Labute approximate surface area is 118 Å². The lowest BCUT2D eigenvalue weighted by Gasteiger charge is -2.25. The SMILES string of the molecule is CCCCCC(C)(C)CNc1cccc(NCC)n1. The summed E-state index contributed by atoms with van der Waals surface area (Å²) in [5.74, 6) is 1.90. The zero-order valence-electron chi connectivity index (χ0n) is 12.9. The van der Waals surface area contributed by atoms with Crippen molar-refractivity contribution in [3.63, 3.8) is 0 Å². The molecule has 0 saturated heterocycles. The Morgan fingerprint density at radius 3 is 2.37 bits per heavy atom. The van der Waals surface area contributed by atoms with Crippen LogP contribution in [0.5, 0.6) is 0 Å². The van der Waals surface area contributed by atoms with Crippen LogP contribution in [0.25, 0.3) is 0 Å². The molecule has 3 heteroatoms. The predicted octanol–water partition coefficient (Wildman–Crippen LogP) is 4.53. The Morgan fingerprint density at radius 1 is 1.05 bits per heavy atom. The summed E-state index contributed by atoms with van der Waals surface area (Å²) >= 11 is 0. The Balaban J connectivity index is 2.44. The van der Waals surface area contributed by atoms with E-state index >= 15 is 0 Å². The van der Waals surface area contributed by atoms with E-state index in [1.54, 1.807) is 0 Å². The maximum Gasteiger partial charge on any atom is 0.128 e. The second-order valence-electron chi connectivity index (χ2n) is 5.91. The standard InChI is InChI=1S/C16H29N3/c1-5-7-8-12-16(3,4)13-18-15-11-9-10-14(19-15)17-6-2/h9-11H,5-8,12-13H2,1-4H3,(H2,17,18,19). The van der Waals surface area contributed by atoms with Gasteiger partial charge in [0, 0.05) is 13.1 Å². The molecule has 108 valence electrons. The number of anilines is 2. The number of nitrogens with zero attached hydrogens (tertiary/aromatic N) is 1. The number of aromatic nitrogens is 1. The minimum absolute atomic E-state index is 0.324. The first kappa shape index (κ1) is 15.8. The zero-order chi connectivity index (χ0) is 14.1. The van der Waals surface area contributed by atoms with E-state index in [0.717, 1.165) is 24.7 Å². The predicted molar refractivity (Wildman–Crippen MR) is 84.8 cm³/mol. The van der Waals surface area contributed by atoms with Gasteiger partial charge in [-0.15, -0.1) is 0 Å². The summed E-state index contributed by atoms with van der Waals surface area (Å²) in [6, 6.07) is 6.07. The molecule has 1 aromatic rings. The summed E-state index contributed by atoms with van der Waals surface area (Å²) in [6.45, 7) is 10.9. The molecule has 0 amide bonds. The van der Waals surface area contributed by atoms with Gasteiger partial charge in [0.25, 0.3) is 0 Å². The number of unbranched alkanes of at least 4 members (excludes halogenated alkanes) is 2. The van der Waals surface area contributed by atoms with Gasteiger partial charge in [0.05, 0.1) is 0 Å². The highest BCUT2D eigenvalue weighted by Gasteiger charge is 2.17. The third-order valence-corrected chi connectivity index (χ3v) is 3.31. The molecule has 0 saturated carbocycles. The highest BCUT2D eigenvalue weighted by atomic mass is 15.1. The first-order chi connectivity index (χ1) is 9.07. The van der Waals surface area contributed by atoms with Crippen molar-refractivity contribution in [3.05, 3.63) is 18.2 Å². The molecule has 0 spiro atoms. The fourth-order valence-corrected chi connectivity index (χ4v) is 2.08. The van der Waals surface area contributed by atoms with Gasteiger partial charge in [0.1, 0.15) is 11.6 Å². The molecule has 0 bridgehead atoms. The molecule has 19 heavy (non-hydrogen) atoms. The molecule has 0 atom stereocenters. The van der Waals surface area contributed by atoms with E-state index in [-0.39, 0.29) is 0 Å². The van der Waals surface area contributed by atoms with Crippen LogP contribution in [0.4, 0.5) is 11.6 Å². The van der Waals surface area contributed by atoms with Crippen molar-refractivity contribution in [1.82, 2.24) is 4.98 Å². The van der Waals surface area contributed by atoms with Crippen LogP contribution in [0.2, 0.25) is 0 Å². The van der Waals surface area contributed by atoms with Crippen LogP contribution in [-0.4, -0.2) is 18.1 Å². The van der Waals surface area contributed by atoms with Gasteiger partial charge < -0.3 is 10.6 Å². The van der Waals surface area contributed by atoms with Crippen LogP contribution in [-0.2, 0) is 0 Å². The van der Waals surface area contributed by atoms with Crippen molar-refractivity contribution >= 4 is 11.6 Å². The molecular formula is C16H29N3. The van der Waals surface area contributed by atoms with Gasteiger partial charge in [-0.1, -0.05) is 46.1 Å². The Bertz CT molecular complexity index is 361. The molecule has 3 nitrogen and oxygen atoms in total. The van der Waals surface area contributed by atoms with Gasteiger partial charge >= 0.3 is 0 Å². The van der Waals surface area contributed by atoms with E-state index in [0.29, 0.717) is 5.41 Å². The molecular weight excluding hydrogens is 234 g/mol. The molecule has 0 aromatic carbocycles. The maximum atomic E-state index is 4.54. The molecule has 0 aliphatic carbocycles. The van der Waals surface area contributed by atoms with E-state index in [1.807, 2.05) is 18.2 Å². The second-order valence-corrected chi connectivity index (χ2v) is 5.91. The first-order valence-electron chi connectivity index (χ1n) is 7.52. The van der Waals surface area contributed by atoms with Crippen LogP contribution in [0.3, 0.4) is 0 Å². The normalized spacial score (nSPS) is 11.4. The Morgan fingerprint density at radius 2 is 1.74 bits per heavy atom. The number of rotatable bonds is 9. The van der Waals surface area contributed by atoms with Crippen LogP contribution >= 0.6 is 0 Å². The molecule has 2 N–H and O–H groups in total. The summed E-state index contributed by atoms with van der Waals surface area (Å²) in [4.78, 5) is 4.54. The number of pyridine rings is 1. The quantitative estimate of drug-likeness (QED) is 0.643. The van der Waals surface area contributed by atoms with E-state index in [2.05, 4.69) is 43.3 Å². The van der Waals surface area contributed by atoms with E-state index in [4.69, 9.17) is 0 Å². The monoisotopic (exact) mass is 263 g/mol. The Kier molecular flexibility index (Phi) is 6.68. The third kappa shape index (κ3) is 6.46. The first-order valence-corrected chi connectivity index (χ1v) is 7.52. The average molecular weight is 263 g/mol. The van der Waals surface area contributed by atoms with Crippen LogP contribution < -0.4 is 10.6 Å². The number of hydrogen-bond acceptors (Lipinski definition) is 3. The molecule has 0 fully saturated rings. The fourth-order valence-electron chi connectivity index (χ4n) is 2.08. The van der Waals surface area contributed by atoms with Crippen molar-refractivity contribution in [1.29, 1.82) is 0 Å². The van der Waals surface area contributed by atoms with Gasteiger partial charge in [-0.2, -0.15) is 0 Å². The highest BCUT2D eigenvalue weighted by Crippen LogP contribution is 2.24. The molecule has 0 aliphatic heterocycles. The summed E-state index contributed by atoms with van der Waals surface area (Å²) in [5, 5.41) is 6.70. The van der Waals surface area contributed by atoms with Gasteiger partial charge in [-0.3, -0.25) is 0 Å². The summed E-state index contributed by atoms with van der Waals surface area (Å²) < 4.78 is 0. The van der Waals surface area contributed by atoms with Gasteiger partial charge in [-0.05, 0) is 30.9 Å². The van der Waals surface area contributed by atoms with Crippen LogP contribution in [0.15, 0.2) is 18.2 Å². The van der Waals surface area contributed by atoms with E-state index in [9.17, 15) is 0 Å². The average Bonchev–Trinajstić information content (AvgIpc) is 2.38. The van der Waals surface area contributed by atoms with Crippen molar-refractivity contribution in [3.8, 4) is 0 Å². The summed E-state index contributed by atoms with van der Waals surface area (Å²) in [6.07, 6.45) is 5.20. The number of nitrogens with one attached hydrogen (secondary N) is 2. The lowest BCUT2D eigenvalue weighted by Crippen LogP contribution is -2.23. The van der Waals surface area contributed by atoms with Crippen molar-refractivity contribution in [2.75, 3.05) is 23.7 Å². The van der Waals surface area contributed by atoms with E-state index in [1.165, 1.54) is 25.7 Å². The lowest BCUT2D eigenvalue weighted by atomic mass is 9.87.